The van der Waals surface area contributed by atoms with Crippen molar-refractivity contribution in [3.63, 3.8) is 0 Å². The first-order chi connectivity index (χ1) is 12.9. The Morgan fingerprint density at radius 3 is 0.600 bits per heavy atom. The molecule has 1 rings (SSSR count). The Morgan fingerprint density at radius 1 is 0.367 bits per heavy atom. The van der Waals surface area contributed by atoms with E-state index in [1.165, 1.54) is 57.8 Å². The molecular weight excluding hydrogens is 366 g/mol. The van der Waals surface area contributed by atoms with Gasteiger partial charge in [0.2, 0.25) is 0 Å². The van der Waals surface area contributed by atoms with Gasteiger partial charge in [-0.25, -0.2) is 0 Å². The van der Waals surface area contributed by atoms with Crippen LogP contribution in [0.3, 0.4) is 0 Å². The van der Waals surface area contributed by atoms with E-state index in [4.69, 9.17) is 0 Å². The van der Waals surface area contributed by atoms with Crippen LogP contribution in [0.5, 0.6) is 0 Å². The standard InChI is InChI=1S/C27H48.3H3N/c1-10-25(11-2,12-3)22-19-23(26(13-4,14-5)15-6)21-24(20-22)27(16-7,17-8)18-9;;;/h19-21H,10-18H2,1-9H3;3*1H3. The molecule has 0 aliphatic carbocycles. The number of hydrogen-bond donors (Lipinski definition) is 3. The van der Waals surface area contributed by atoms with Crippen LogP contribution >= 0.6 is 0 Å². The van der Waals surface area contributed by atoms with E-state index < -0.39 is 0 Å². The van der Waals surface area contributed by atoms with Gasteiger partial charge in [0.05, 0.1) is 0 Å². The molecule has 0 fully saturated rings. The summed E-state index contributed by atoms with van der Waals surface area (Å²) in [5.41, 5.74) is 5.82. The summed E-state index contributed by atoms with van der Waals surface area (Å²) in [6.07, 6.45) is 11.1. The van der Waals surface area contributed by atoms with Gasteiger partial charge in [0.25, 0.3) is 0 Å². The molecule has 30 heavy (non-hydrogen) atoms. The summed E-state index contributed by atoms with van der Waals surface area (Å²) in [6, 6.07) is 7.84. The lowest BCUT2D eigenvalue weighted by Gasteiger charge is -2.39. The fraction of sp³-hybridized carbons (Fsp3) is 0.778. The average molecular weight is 424 g/mol. The summed E-state index contributed by atoms with van der Waals surface area (Å²) in [5.74, 6) is 0. The van der Waals surface area contributed by atoms with Gasteiger partial charge in [0.1, 0.15) is 0 Å². The second-order valence-corrected chi connectivity index (χ2v) is 8.82. The smallest absolute Gasteiger partial charge is 0.00546 e. The van der Waals surface area contributed by atoms with Crippen molar-refractivity contribution in [2.24, 2.45) is 0 Å². The fourth-order valence-corrected chi connectivity index (χ4v) is 5.63. The van der Waals surface area contributed by atoms with E-state index >= 15 is 0 Å². The minimum Gasteiger partial charge on any atom is -0.344 e. The molecule has 0 bridgehead atoms. The minimum absolute atomic E-state index is 0. The topological polar surface area (TPSA) is 105 Å². The number of benzene rings is 1. The van der Waals surface area contributed by atoms with E-state index in [2.05, 4.69) is 80.5 Å². The monoisotopic (exact) mass is 423 g/mol. The number of rotatable bonds is 12. The zero-order valence-electron chi connectivity index (χ0n) is 22.2. The molecule has 3 heteroatoms. The molecule has 0 heterocycles. The predicted octanol–water partition coefficient (Wildman–Crippen LogP) is 9.58. The number of hydrogen-bond acceptors (Lipinski definition) is 3. The third kappa shape index (κ3) is 5.87. The summed E-state index contributed by atoms with van der Waals surface area (Å²) in [4.78, 5) is 0. The van der Waals surface area contributed by atoms with Crippen LogP contribution in [0.1, 0.15) is 137 Å². The minimum atomic E-state index is 0. The van der Waals surface area contributed by atoms with Crippen LogP contribution in [0.15, 0.2) is 18.2 Å². The third-order valence-corrected chi connectivity index (χ3v) is 8.86. The van der Waals surface area contributed by atoms with Gasteiger partial charge in [0.15, 0.2) is 0 Å². The second-order valence-electron chi connectivity index (χ2n) is 8.82. The van der Waals surface area contributed by atoms with E-state index in [-0.39, 0.29) is 18.5 Å². The van der Waals surface area contributed by atoms with E-state index in [1.54, 1.807) is 16.7 Å². The van der Waals surface area contributed by atoms with E-state index in [0.717, 1.165) is 0 Å². The first-order valence-electron chi connectivity index (χ1n) is 12.0. The maximum atomic E-state index is 2.61. The van der Waals surface area contributed by atoms with Crippen molar-refractivity contribution in [2.75, 3.05) is 0 Å². The Morgan fingerprint density at radius 2 is 0.500 bits per heavy atom. The SMILES string of the molecule is CCC(CC)(CC)c1cc(C(CC)(CC)CC)cc(C(CC)(CC)CC)c1.N.N.N. The van der Waals surface area contributed by atoms with Crippen LogP contribution in [0.4, 0.5) is 0 Å². The summed E-state index contributed by atoms with van der Waals surface area (Å²) < 4.78 is 0. The molecule has 0 saturated carbocycles. The molecule has 0 aliphatic heterocycles. The Hall–Kier alpha value is -0.900. The van der Waals surface area contributed by atoms with Crippen LogP contribution in [-0.2, 0) is 16.2 Å². The molecule has 0 saturated heterocycles. The quantitative estimate of drug-likeness (QED) is 0.311. The fourth-order valence-electron chi connectivity index (χ4n) is 5.63. The third-order valence-electron chi connectivity index (χ3n) is 8.86. The molecule has 9 N–H and O–H groups in total. The molecule has 0 aromatic heterocycles. The highest BCUT2D eigenvalue weighted by Gasteiger charge is 2.35. The van der Waals surface area contributed by atoms with Crippen molar-refractivity contribution in [1.82, 2.24) is 18.5 Å². The lowest BCUT2D eigenvalue weighted by atomic mass is 9.65. The lowest BCUT2D eigenvalue weighted by molar-refractivity contribution is 0.355. The Bertz CT molecular complexity index is 449. The van der Waals surface area contributed by atoms with Crippen LogP contribution in [0, 0.1) is 0 Å². The van der Waals surface area contributed by atoms with Gasteiger partial charge in [-0.1, -0.05) is 80.5 Å². The van der Waals surface area contributed by atoms with Crippen molar-refractivity contribution in [2.45, 2.75) is 136 Å². The highest BCUT2D eigenvalue weighted by molar-refractivity contribution is 5.42. The van der Waals surface area contributed by atoms with Gasteiger partial charge in [-0.05, 0) is 90.7 Å². The summed E-state index contributed by atoms with van der Waals surface area (Å²) in [5, 5.41) is 0. The molecule has 180 valence electrons. The van der Waals surface area contributed by atoms with Crippen LogP contribution in [-0.4, -0.2) is 0 Å². The van der Waals surface area contributed by atoms with Gasteiger partial charge >= 0.3 is 0 Å². The molecule has 0 spiro atoms. The molecular formula is C27H57N3. The largest absolute Gasteiger partial charge is 0.344 e. The molecule has 3 nitrogen and oxygen atoms in total. The molecule has 1 aromatic carbocycles. The molecule has 0 unspecified atom stereocenters. The summed E-state index contributed by atoms with van der Waals surface area (Å²) in [7, 11) is 0. The highest BCUT2D eigenvalue weighted by Crippen LogP contribution is 2.45. The van der Waals surface area contributed by atoms with E-state index in [0.29, 0.717) is 16.2 Å². The van der Waals surface area contributed by atoms with Crippen molar-refractivity contribution in [3.8, 4) is 0 Å². The van der Waals surface area contributed by atoms with Crippen molar-refractivity contribution >= 4 is 0 Å². The Balaban J connectivity index is -0.00000243. The first kappa shape index (κ1) is 33.7. The lowest BCUT2D eigenvalue weighted by Crippen LogP contribution is -2.30. The zero-order valence-corrected chi connectivity index (χ0v) is 22.2. The van der Waals surface area contributed by atoms with E-state index in [9.17, 15) is 0 Å². The highest BCUT2D eigenvalue weighted by atomic mass is 14.4. The first-order valence-corrected chi connectivity index (χ1v) is 12.0. The second kappa shape index (κ2) is 14.2. The normalized spacial score (nSPS) is 11.9. The van der Waals surface area contributed by atoms with Gasteiger partial charge in [-0.15, -0.1) is 0 Å². The van der Waals surface area contributed by atoms with Gasteiger partial charge < -0.3 is 18.5 Å². The van der Waals surface area contributed by atoms with Crippen LogP contribution < -0.4 is 18.5 Å². The average Bonchev–Trinajstić information content (AvgIpc) is 2.73. The molecule has 1 aromatic rings. The maximum Gasteiger partial charge on any atom is -0.00546 e. The van der Waals surface area contributed by atoms with Crippen molar-refractivity contribution in [3.05, 3.63) is 34.9 Å². The van der Waals surface area contributed by atoms with Crippen LogP contribution in [0.25, 0.3) is 0 Å². The van der Waals surface area contributed by atoms with Crippen molar-refractivity contribution in [1.29, 1.82) is 0 Å². The zero-order chi connectivity index (χ0) is 20.7. The molecule has 0 radical (unpaired) electrons. The Labute approximate surface area is 190 Å². The van der Waals surface area contributed by atoms with Gasteiger partial charge in [-0.2, -0.15) is 0 Å². The molecule has 0 aliphatic rings. The molecule has 0 atom stereocenters. The Kier molecular flexibility index (Phi) is 16.0. The van der Waals surface area contributed by atoms with Gasteiger partial charge in [0, 0.05) is 0 Å². The summed E-state index contributed by atoms with van der Waals surface area (Å²) >= 11 is 0. The van der Waals surface area contributed by atoms with Crippen LogP contribution in [0.2, 0.25) is 0 Å². The summed E-state index contributed by atoms with van der Waals surface area (Å²) in [6.45, 7) is 21.5. The predicted molar refractivity (Wildman–Crippen MR) is 139 cm³/mol. The van der Waals surface area contributed by atoms with Crippen molar-refractivity contribution < 1.29 is 0 Å². The molecule has 0 amide bonds. The van der Waals surface area contributed by atoms with E-state index in [1.807, 2.05) is 0 Å². The maximum absolute atomic E-state index is 2.61. The van der Waals surface area contributed by atoms with Gasteiger partial charge in [-0.3, -0.25) is 0 Å².